The van der Waals surface area contributed by atoms with Crippen molar-refractivity contribution in [3.05, 3.63) is 65.7 Å². The van der Waals surface area contributed by atoms with Crippen molar-refractivity contribution < 1.29 is 4.79 Å². The maximum absolute atomic E-state index is 12.3. The first-order valence-electron chi connectivity index (χ1n) is 6.69. The smallest absolute Gasteiger partial charge is 0.249 e. The highest BCUT2D eigenvalue weighted by molar-refractivity contribution is 5.90. The van der Waals surface area contributed by atoms with E-state index in [9.17, 15) is 4.79 Å². The molecule has 2 aromatic rings. The highest BCUT2D eigenvalue weighted by atomic mass is 16.2. The highest BCUT2D eigenvalue weighted by Gasteiger charge is 2.34. The van der Waals surface area contributed by atoms with Crippen LogP contribution in [0.4, 0.5) is 5.69 Å². The van der Waals surface area contributed by atoms with Gasteiger partial charge in [-0.25, -0.2) is 0 Å². The molecule has 0 spiro atoms. The van der Waals surface area contributed by atoms with Gasteiger partial charge in [0, 0.05) is 12.7 Å². The van der Waals surface area contributed by atoms with E-state index in [2.05, 4.69) is 10.6 Å². The van der Waals surface area contributed by atoms with Crippen LogP contribution >= 0.6 is 0 Å². The summed E-state index contributed by atoms with van der Waals surface area (Å²) in [5.74, 6) is -0.0655. The molecular formula is C17H20N2O. The largest absolute Gasteiger partial charge is 0.368 e. The molecule has 0 radical (unpaired) electrons. The molecule has 0 aliphatic rings. The number of aryl methyl sites for hydroxylation is 1. The van der Waals surface area contributed by atoms with Gasteiger partial charge in [-0.2, -0.15) is 0 Å². The third-order valence-electron chi connectivity index (χ3n) is 3.48. The van der Waals surface area contributed by atoms with Crippen LogP contribution in [0.25, 0.3) is 0 Å². The number of rotatable bonds is 4. The van der Waals surface area contributed by atoms with Crippen molar-refractivity contribution in [1.82, 2.24) is 5.32 Å². The van der Waals surface area contributed by atoms with Crippen molar-refractivity contribution in [3.8, 4) is 0 Å². The topological polar surface area (TPSA) is 41.1 Å². The van der Waals surface area contributed by atoms with Gasteiger partial charge in [-0.1, -0.05) is 48.0 Å². The summed E-state index contributed by atoms with van der Waals surface area (Å²) in [5, 5.41) is 6.07. The molecule has 1 unspecified atom stereocenters. The third-order valence-corrected chi connectivity index (χ3v) is 3.48. The van der Waals surface area contributed by atoms with Crippen LogP contribution in [0.3, 0.4) is 0 Å². The molecule has 0 saturated heterocycles. The first-order chi connectivity index (χ1) is 9.56. The lowest BCUT2D eigenvalue weighted by atomic mass is 9.90. The summed E-state index contributed by atoms with van der Waals surface area (Å²) in [5.41, 5.74) is 2.24. The van der Waals surface area contributed by atoms with Crippen molar-refractivity contribution >= 4 is 11.6 Å². The zero-order valence-corrected chi connectivity index (χ0v) is 12.1. The van der Waals surface area contributed by atoms with Gasteiger partial charge < -0.3 is 10.6 Å². The van der Waals surface area contributed by atoms with E-state index in [0.29, 0.717) is 0 Å². The summed E-state index contributed by atoms with van der Waals surface area (Å²) >= 11 is 0. The number of carbonyl (C=O) groups is 1. The summed E-state index contributed by atoms with van der Waals surface area (Å²) in [4.78, 5) is 12.3. The SMILES string of the molecule is CNC(=O)C(C)(Nc1ccc(C)cc1)c1ccccc1. The number of hydrogen-bond acceptors (Lipinski definition) is 2. The van der Waals surface area contributed by atoms with Crippen LogP contribution in [0.2, 0.25) is 0 Å². The van der Waals surface area contributed by atoms with Crippen LogP contribution in [0.5, 0.6) is 0 Å². The fourth-order valence-corrected chi connectivity index (χ4v) is 2.21. The van der Waals surface area contributed by atoms with E-state index in [1.807, 2.05) is 68.4 Å². The minimum absolute atomic E-state index is 0.0655. The Bertz CT molecular complexity index is 578. The van der Waals surface area contributed by atoms with E-state index >= 15 is 0 Å². The van der Waals surface area contributed by atoms with Gasteiger partial charge in [0.2, 0.25) is 5.91 Å². The monoisotopic (exact) mass is 268 g/mol. The van der Waals surface area contributed by atoms with E-state index in [1.165, 1.54) is 5.56 Å². The Labute approximate surface area is 120 Å². The van der Waals surface area contributed by atoms with Gasteiger partial charge in [0.05, 0.1) is 0 Å². The zero-order valence-electron chi connectivity index (χ0n) is 12.1. The average Bonchev–Trinajstić information content (AvgIpc) is 2.49. The first kappa shape index (κ1) is 14.1. The maximum atomic E-state index is 12.3. The Balaban J connectivity index is 2.38. The molecule has 0 bridgehead atoms. The second kappa shape index (κ2) is 5.78. The van der Waals surface area contributed by atoms with E-state index in [4.69, 9.17) is 0 Å². The van der Waals surface area contributed by atoms with Gasteiger partial charge >= 0.3 is 0 Å². The molecule has 2 rings (SSSR count). The number of nitrogens with one attached hydrogen (secondary N) is 2. The minimum atomic E-state index is -0.800. The fraction of sp³-hybridized carbons (Fsp3) is 0.235. The predicted molar refractivity (Wildman–Crippen MR) is 82.7 cm³/mol. The molecule has 0 fully saturated rings. The molecule has 0 saturated carbocycles. The molecule has 0 aliphatic heterocycles. The lowest BCUT2D eigenvalue weighted by Crippen LogP contribution is -2.46. The minimum Gasteiger partial charge on any atom is -0.368 e. The van der Waals surface area contributed by atoms with Crippen molar-refractivity contribution in [2.45, 2.75) is 19.4 Å². The molecule has 0 aliphatic carbocycles. The summed E-state index contributed by atoms with van der Waals surface area (Å²) < 4.78 is 0. The van der Waals surface area contributed by atoms with E-state index in [1.54, 1.807) is 7.05 Å². The standard InChI is InChI=1S/C17H20N2O/c1-13-9-11-15(12-10-13)19-17(2,16(20)18-3)14-7-5-4-6-8-14/h4-12,19H,1-3H3,(H,18,20). The Morgan fingerprint density at radius 1 is 1.00 bits per heavy atom. The van der Waals surface area contributed by atoms with Crippen LogP contribution in [-0.2, 0) is 10.3 Å². The molecule has 3 heteroatoms. The fourth-order valence-electron chi connectivity index (χ4n) is 2.21. The number of carbonyl (C=O) groups excluding carboxylic acids is 1. The highest BCUT2D eigenvalue weighted by Crippen LogP contribution is 2.26. The Hall–Kier alpha value is -2.29. The van der Waals surface area contributed by atoms with Gasteiger partial charge in [-0.05, 0) is 31.5 Å². The summed E-state index contributed by atoms with van der Waals surface area (Å²) in [6.45, 7) is 3.93. The number of benzene rings is 2. The van der Waals surface area contributed by atoms with Crippen LogP contribution < -0.4 is 10.6 Å². The molecule has 20 heavy (non-hydrogen) atoms. The van der Waals surface area contributed by atoms with Gasteiger partial charge in [0.1, 0.15) is 5.54 Å². The van der Waals surface area contributed by atoms with E-state index in [0.717, 1.165) is 11.3 Å². The van der Waals surface area contributed by atoms with Crippen molar-refractivity contribution in [2.75, 3.05) is 12.4 Å². The quantitative estimate of drug-likeness (QED) is 0.894. The lowest BCUT2D eigenvalue weighted by molar-refractivity contribution is -0.124. The van der Waals surface area contributed by atoms with Crippen molar-refractivity contribution in [3.63, 3.8) is 0 Å². The Morgan fingerprint density at radius 2 is 1.60 bits per heavy atom. The average molecular weight is 268 g/mol. The van der Waals surface area contributed by atoms with Crippen LogP contribution in [-0.4, -0.2) is 13.0 Å². The zero-order chi connectivity index (χ0) is 14.6. The Morgan fingerprint density at radius 3 is 2.15 bits per heavy atom. The number of anilines is 1. The number of likely N-dealkylation sites (N-methyl/N-ethyl adjacent to an activating group) is 1. The molecule has 3 nitrogen and oxygen atoms in total. The lowest BCUT2D eigenvalue weighted by Gasteiger charge is -2.30. The van der Waals surface area contributed by atoms with Gasteiger partial charge in [-0.3, -0.25) is 4.79 Å². The molecule has 1 atom stereocenters. The molecule has 104 valence electrons. The van der Waals surface area contributed by atoms with E-state index in [-0.39, 0.29) is 5.91 Å². The molecule has 2 aromatic carbocycles. The maximum Gasteiger partial charge on any atom is 0.249 e. The van der Waals surface area contributed by atoms with Gasteiger partial charge in [0.25, 0.3) is 0 Å². The second-order valence-electron chi connectivity index (χ2n) is 5.06. The molecular weight excluding hydrogens is 248 g/mol. The molecule has 0 aromatic heterocycles. The van der Waals surface area contributed by atoms with Gasteiger partial charge in [-0.15, -0.1) is 0 Å². The van der Waals surface area contributed by atoms with Crippen LogP contribution in [0.15, 0.2) is 54.6 Å². The normalized spacial score (nSPS) is 13.3. The third kappa shape index (κ3) is 2.82. The summed E-state index contributed by atoms with van der Waals surface area (Å²) in [6, 6.07) is 17.8. The number of hydrogen-bond donors (Lipinski definition) is 2. The molecule has 2 N–H and O–H groups in total. The predicted octanol–water partition coefficient (Wildman–Crippen LogP) is 3.07. The number of amides is 1. The van der Waals surface area contributed by atoms with Crippen molar-refractivity contribution in [2.24, 2.45) is 0 Å². The van der Waals surface area contributed by atoms with Crippen molar-refractivity contribution in [1.29, 1.82) is 0 Å². The van der Waals surface area contributed by atoms with Crippen LogP contribution in [0, 0.1) is 6.92 Å². The Kier molecular flexibility index (Phi) is 4.08. The summed E-state index contributed by atoms with van der Waals surface area (Å²) in [7, 11) is 1.65. The molecule has 1 amide bonds. The first-order valence-corrected chi connectivity index (χ1v) is 6.69. The van der Waals surface area contributed by atoms with Crippen LogP contribution in [0.1, 0.15) is 18.1 Å². The van der Waals surface area contributed by atoms with Gasteiger partial charge in [0.15, 0.2) is 0 Å². The summed E-state index contributed by atoms with van der Waals surface area (Å²) in [6.07, 6.45) is 0. The second-order valence-corrected chi connectivity index (χ2v) is 5.06. The molecule has 0 heterocycles. The van der Waals surface area contributed by atoms with E-state index < -0.39 is 5.54 Å².